The van der Waals surface area contributed by atoms with E-state index in [0.717, 1.165) is 12.0 Å². The van der Waals surface area contributed by atoms with Crippen LogP contribution in [-0.4, -0.2) is 44.1 Å². The molecule has 2 heterocycles. The fourth-order valence-corrected chi connectivity index (χ4v) is 3.31. The molecule has 3 amide bonds. The summed E-state index contributed by atoms with van der Waals surface area (Å²) in [5.74, 6) is 1.63. The highest BCUT2D eigenvalue weighted by molar-refractivity contribution is 6.01. The van der Waals surface area contributed by atoms with Gasteiger partial charge in [0.25, 0.3) is 5.91 Å². The number of nitrogens with zero attached hydrogens (tertiary/aromatic N) is 1. The largest absolute Gasteiger partial charge is 0.493 e. The molecule has 0 saturated heterocycles. The van der Waals surface area contributed by atoms with Gasteiger partial charge in [0.05, 0.1) is 38.1 Å². The molecule has 0 bridgehead atoms. The molecular formula is C19H25N3O4. The summed E-state index contributed by atoms with van der Waals surface area (Å²) in [6, 6.07) is 4.60. The van der Waals surface area contributed by atoms with Crippen molar-refractivity contribution in [3.63, 3.8) is 0 Å². The molecule has 2 aliphatic heterocycles. The Balaban J connectivity index is 1.91. The van der Waals surface area contributed by atoms with E-state index in [1.165, 1.54) is 0 Å². The van der Waals surface area contributed by atoms with Gasteiger partial charge in [-0.3, -0.25) is 4.79 Å². The van der Waals surface area contributed by atoms with Crippen molar-refractivity contribution in [2.75, 3.05) is 27.3 Å². The van der Waals surface area contributed by atoms with Gasteiger partial charge in [-0.1, -0.05) is 19.9 Å². The standard InChI is InChI=1S/C19H25N3O4/c1-11(2)7-8-22-10-13-16(18(22)23)17(21-19(24)20-13)12-5-6-14(25-3)15(9-12)26-4/h5-6,9,11,17H,7-8,10H2,1-4H3,(H2,20,21,24)/t17-/m1/s1. The maximum absolute atomic E-state index is 12.9. The van der Waals surface area contributed by atoms with Crippen LogP contribution < -0.4 is 20.1 Å². The van der Waals surface area contributed by atoms with Crippen molar-refractivity contribution >= 4 is 11.9 Å². The summed E-state index contributed by atoms with van der Waals surface area (Å²) in [7, 11) is 3.12. The predicted molar refractivity (Wildman–Crippen MR) is 97.0 cm³/mol. The van der Waals surface area contributed by atoms with Crippen LogP contribution >= 0.6 is 0 Å². The van der Waals surface area contributed by atoms with Gasteiger partial charge in [-0.05, 0) is 30.0 Å². The normalized spacial score (nSPS) is 19.4. The molecule has 0 radical (unpaired) electrons. The van der Waals surface area contributed by atoms with E-state index in [9.17, 15) is 9.59 Å². The van der Waals surface area contributed by atoms with Gasteiger partial charge in [0.1, 0.15) is 0 Å². The van der Waals surface area contributed by atoms with E-state index in [1.54, 1.807) is 31.3 Å². The number of carbonyl (C=O) groups is 2. The summed E-state index contributed by atoms with van der Waals surface area (Å²) in [5.41, 5.74) is 2.06. The lowest BCUT2D eigenvalue weighted by atomic mass is 9.96. The average Bonchev–Trinajstić information content (AvgIpc) is 2.94. The molecule has 2 N–H and O–H groups in total. The first-order valence-corrected chi connectivity index (χ1v) is 8.76. The molecule has 0 spiro atoms. The molecule has 0 aromatic heterocycles. The van der Waals surface area contributed by atoms with Crippen LogP contribution in [0.5, 0.6) is 11.5 Å². The second kappa shape index (κ2) is 7.27. The van der Waals surface area contributed by atoms with Gasteiger partial charge in [-0.25, -0.2) is 4.79 Å². The van der Waals surface area contributed by atoms with Gasteiger partial charge in [0.2, 0.25) is 0 Å². The van der Waals surface area contributed by atoms with E-state index in [4.69, 9.17) is 9.47 Å². The Bertz CT molecular complexity index is 757. The van der Waals surface area contributed by atoms with E-state index in [0.29, 0.717) is 41.8 Å². The minimum atomic E-state index is -0.505. The Hall–Kier alpha value is -2.70. The topological polar surface area (TPSA) is 79.9 Å². The summed E-state index contributed by atoms with van der Waals surface area (Å²) < 4.78 is 10.6. The fourth-order valence-electron chi connectivity index (χ4n) is 3.31. The smallest absolute Gasteiger partial charge is 0.319 e. The molecular weight excluding hydrogens is 334 g/mol. The van der Waals surface area contributed by atoms with Gasteiger partial charge >= 0.3 is 6.03 Å². The van der Waals surface area contributed by atoms with Crippen molar-refractivity contribution < 1.29 is 19.1 Å². The van der Waals surface area contributed by atoms with Crippen molar-refractivity contribution in [2.24, 2.45) is 5.92 Å². The number of ether oxygens (including phenoxy) is 2. The third-order valence-electron chi connectivity index (χ3n) is 4.74. The minimum Gasteiger partial charge on any atom is -0.493 e. The van der Waals surface area contributed by atoms with Crippen molar-refractivity contribution in [3.05, 3.63) is 35.0 Å². The molecule has 0 saturated carbocycles. The lowest BCUT2D eigenvalue weighted by Gasteiger charge is -2.26. The van der Waals surface area contributed by atoms with Crippen molar-refractivity contribution in [2.45, 2.75) is 26.3 Å². The van der Waals surface area contributed by atoms with Gasteiger partial charge in [-0.2, -0.15) is 0 Å². The van der Waals surface area contributed by atoms with Gasteiger partial charge in [0.15, 0.2) is 11.5 Å². The third kappa shape index (κ3) is 3.34. The molecule has 140 valence electrons. The van der Waals surface area contributed by atoms with Crippen LogP contribution in [0.1, 0.15) is 31.9 Å². The second-order valence-electron chi connectivity index (χ2n) is 6.95. The van der Waals surface area contributed by atoms with Crippen LogP contribution in [0.4, 0.5) is 4.79 Å². The number of hydrogen-bond acceptors (Lipinski definition) is 4. The highest BCUT2D eigenvalue weighted by Crippen LogP contribution is 2.36. The Labute approximate surface area is 153 Å². The van der Waals surface area contributed by atoms with Gasteiger partial charge < -0.3 is 25.0 Å². The highest BCUT2D eigenvalue weighted by atomic mass is 16.5. The molecule has 3 rings (SSSR count). The Kier molecular flexibility index (Phi) is 5.06. The molecule has 0 unspecified atom stereocenters. The molecule has 26 heavy (non-hydrogen) atoms. The van der Waals surface area contributed by atoms with Crippen molar-refractivity contribution in [1.29, 1.82) is 0 Å². The summed E-state index contributed by atoms with van der Waals surface area (Å²) in [5, 5.41) is 5.65. The lowest BCUT2D eigenvalue weighted by Crippen LogP contribution is -2.44. The van der Waals surface area contributed by atoms with E-state index in [1.807, 2.05) is 6.07 Å². The predicted octanol–water partition coefficient (Wildman–Crippen LogP) is 2.20. The number of hydrogen-bond donors (Lipinski definition) is 2. The summed E-state index contributed by atoms with van der Waals surface area (Å²) in [4.78, 5) is 26.8. The first kappa shape index (κ1) is 18.1. The number of methoxy groups -OCH3 is 2. The average molecular weight is 359 g/mol. The maximum Gasteiger partial charge on any atom is 0.319 e. The first-order valence-electron chi connectivity index (χ1n) is 8.76. The van der Waals surface area contributed by atoms with Crippen LogP contribution in [0.25, 0.3) is 0 Å². The van der Waals surface area contributed by atoms with Crippen LogP contribution in [0.3, 0.4) is 0 Å². The number of carbonyl (C=O) groups excluding carboxylic acids is 2. The number of nitrogens with one attached hydrogen (secondary N) is 2. The molecule has 1 atom stereocenters. The molecule has 2 aliphatic rings. The first-order chi connectivity index (χ1) is 12.4. The van der Waals surface area contributed by atoms with Crippen LogP contribution in [0, 0.1) is 5.92 Å². The molecule has 7 heteroatoms. The van der Waals surface area contributed by atoms with Crippen LogP contribution in [0.15, 0.2) is 29.5 Å². The number of benzene rings is 1. The Morgan fingerprint density at radius 3 is 2.58 bits per heavy atom. The zero-order valence-electron chi connectivity index (χ0n) is 15.6. The van der Waals surface area contributed by atoms with E-state index in [-0.39, 0.29) is 11.9 Å². The van der Waals surface area contributed by atoms with E-state index in [2.05, 4.69) is 24.5 Å². The Morgan fingerprint density at radius 2 is 1.92 bits per heavy atom. The maximum atomic E-state index is 12.9. The monoisotopic (exact) mass is 359 g/mol. The van der Waals surface area contributed by atoms with Crippen molar-refractivity contribution in [1.82, 2.24) is 15.5 Å². The minimum absolute atomic E-state index is 0.0343. The highest BCUT2D eigenvalue weighted by Gasteiger charge is 2.40. The Morgan fingerprint density at radius 1 is 1.19 bits per heavy atom. The lowest BCUT2D eigenvalue weighted by molar-refractivity contribution is -0.125. The number of amides is 3. The zero-order valence-corrected chi connectivity index (χ0v) is 15.6. The number of urea groups is 1. The fraction of sp³-hybridized carbons (Fsp3) is 0.474. The van der Waals surface area contributed by atoms with Crippen LogP contribution in [-0.2, 0) is 4.79 Å². The summed E-state index contributed by atoms with van der Waals surface area (Å²) in [6.07, 6.45) is 0.925. The van der Waals surface area contributed by atoms with Crippen LogP contribution in [0.2, 0.25) is 0 Å². The van der Waals surface area contributed by atoms with E-state index >= 15 is 0 Å². The SMILES string of the molecule is COc1ccc([C@H]2NC(=O)NC3=C2C(=O)N(CCC(C)C)C3)cc1OC. The molecule has 0 fully saturated rings. The van der Waals surface area contributed by atoms with E-state index < -0.39 is 6.04 Å². The molecule has 0 aliphatic carbocycles. The number of rotatable bonds is 6. The molecule has 7 nitrogen and oxygen atoms in total. The molecule has 1 aromatic carbocycles. The quantitative estimate of drug-likeness (QED) is 0.816. The third-order valence-corrected chi connectivity index (χ3v) is 4.74. The van der Waals surface area contributed by atoms with Crippen molar-refractivity contribution in [3.8, 4) is 11.5 Å². The second-order valence-corrected chi connectivity index (χ2v) is 6.95. The van der Waals surface area contributed by atoms with Gasteiger partial charge in [0, 0.05) is 6.54 Å². The zero-order chi connectivity index (χ0) is 18.8. The summed E-state index contributed by atoms with van der Waals surface area (Å²) >= 11 is 0. The molecule has 1 aromatic rings. The summed E-state index contributed by atoms with van der Waals surface area (Å²) in [6.45, 7) is 5.38. The van der Waals surface area contributed by atoms with Gasteiger partial charge in [-0.15, -0.1) is 0 Å².